The number of nitrogens with two attached hydrogens (primary N) is 2. The van der Waals surface area contributed by atoms with Crippen molar-refractivity contribution in [1.29, 1.82) is 0 Å². The first-order valence-corrected chi connectivity index (χ1v) is 7.17. The molecule has 0 bridgehead atoms. The van der Waals surface area contributed by atoms with Gasteiger partial charge in [-0.1, -0.05) is 0 Å². The third-order valence-electron chi connectivity index (χ3n) is 3.39. The van der Waals surface area contributed by atoms with Gasteiger partial charge in [0.1, 0.15) is 24.6 Å². The van der Waals surface area contributed by atoms with Gasteiger partial charge in [-0.3, -0.25) is 15.1 Å². The van der Waals surface area contributed by atoms with Crippen LogP contribution in [0.1, 0.15) is 13.3 Å². The molecule has 0 aromatic heterocycles. The van der Waals surface area contributed by atoms with Crippen LogP contribution in [0.25, 0.3) is 0 Å². The van der Waals surface area contributed by atoms with E-state index in [4.69, 9.17) is 25.7 Å². The van der Waals surface area contributed by atoms with Gasteiger partial charge in [0.2, 0.25) is 0 Å². The molecular formula is C13H23FN4O5. The summed E-state index contributed by atoms with van der Waals surface area (Å²) in [7, 11) is 1.44. The monoisotopic (exact) mass is 334 g/mol. The molecule has 3 unspecified atom stereocenters. The number of nitro groups is 1. The third-order valence-corrected chi connectivity index (χ3v) is 3.39. The number of halogens is 1. The molecule has 0 aromatic rings. The quantitative estimate of drug-likeness (QED) is 0.275. The Hall–Kier alpha value is -1.78. The first kappa shape index (κ1) is 19.3. The Morgan fingerprint density at radius 2 is 2.30 bits per heavy atom. The average molecular weight is 334 g/mol. The molecule has 9 nitrogen and oxygen atoms in total. The predicted molar refractivity (Wildman–Crippen MR) is 81.2 cm³/mol. The number of ether oxygens (including phenoxy) is 3. The third kappa shape index (κ3) is 5.73. The highest BCUT2D eigenvalue weighted by Gasteiger charge is 2.29. The lowest BCUT2D eigenvalue weighted by Crippen LogP contribution is -2.33. The Morgan fingerprint density at radius 3 is 2.83 bits per heavy atom. The molecule has 3 atom stereocenters. The van der Waals surface area contributed by atoms with Gasteiger partial charge >= 0.3 is 5.70 Å². The number of methoxy groups -OCH3 is 1. The minimum Gasteiger partial charge on any atom is -0.472 e. The van der Waals surface area contributed by atoms with E-state index < -0.39 is 34.8 Å². The van der Waals surface area contributed by atoms with Crippen LogP contribution in [-0.4, -0.2) is 62.4 Å². The number of aliphatic imine (C=N–C) groups is 1. The van der Waals surface area contributed by atoms with E-state index in [9.17, 15) is 14.5 Å². The number of hydrogen-bond donors (Lipinski definition) is 2. The number of nitrogens with zero attached hydrogens (tertiary/aromatic N) is 2. The fraction of sp³-hybridized carbons (Fsp3) is 0.769. The van der Waals surface area contributed by atoms with Gasteiger partial charge < -0.3 is 25.7 Å². The van der Waals surface area contributed by atoms with Crippen molar-refractivity contribution in [2.45, 2.75) is 31.7 Å². The van der Waals surface area contributed by atoms with E-state index in [2.05, 4.69) is 4.99 Å². The number of hydrogen-bond acceptors (Lipinski definition) is 8. The van der Waals surface area contributed by atoms with Gasteiger partial charge in [0.25, 0.3) is 5.88 Å². The lowest BCUT2D eigenvalue weighted by Gasteiger charge is -2.23. The van der Waals surface area contributed by atoms with Crippen molar-refractivity contribution in [1.82, 2.24) is 0 Å². The highest BCUT2D eigenvalue weighted by molar-refractivity contribution is 5.96. The Bertz CT molecular complexity index is 467. The fourth-order valence-electron chi connectivity index (χ4n) is 2.03. The minimum atomic E-state index is -1.30. The molecule has 23 heavy (non-hydrogen) atoms. The van der Waals surface area contributed by atoms with Crippen LogP contribution < -0.4 is 11.5 Å². The molecule has 0 aromatic carbocycles. The molecule has 10 heteroatoms. The zero-order chi connectivity index (χ0) is 17.4. The Labute approximate surface area is 133 Å². The first-order valence-electron chi connectivity index (χ1n) is 7.17. The summed E-state index contributed by atoms with van der Waals surface area (Å²) in [5.74, 6) is -0.408. The summed E-state index contributed by atoms with van der Waals surface area (Å²) in [5, 5.41) is 11.2. The molecule has 1 heterocycles. The van der Waals surface area contributed by atoms with Gasteiger partial charge in [-0.15, -0.1) is 0 Å². The topological polar surface area (TPSA) is 135 Å². The highest BCUT2D eigenvalue weighted by atomic mass is 19.1. The standard InChI is InChI=1S/C13H23FN4O5/c1-8(17-11-3-4-22-7-10(11)14)12(18(19)20)13(16)23-6-9(5-15)21-2/h9-11H,3-7,15-16H2,1-2H3. The highest BCUT2D eigenvalue weighted by Crippen LogP contribution is 2.17. The van der Waals surface area contributed by atoms with Crippen LogP contribution in [0, 0.1) is 10.1 Å². The van der Waals surface area contributed by atoms with Gasteiger partial charge in [-0.2, -0.15) is 0 Å². The second-order valence-electron chi connectivity index (χ2n) is 5.04. The lowest BCUT2D eigenvalue weighted by molar-refractivity contribution is -0.418. The number of alkyl halides is 1. The summed E-state index contributed by atoms with van der Waals surface area (Å²) >= 11 is 0. The van der Waals surface area contributed by atoms with Crippen LogP contribution in [-0.2, 0) is 14.2 Å². The lowest BCUT2D eigenvalue weighted by atomic mass is 10.1. The van der Waals surface area contributed by atoms with Crippen molar-refractivity contribution in [2.75, 3.05) is 33.5 Å². The Balaban J connectivity index is 2.90. The van der Waals surface area contributed by atoms with Gasteiger partial charge in [0.15, 0.2) is 0 Å². The normalized spacial score (nSPS) is 24.8. The van der Waals surface area contributed by atoms with Gasteiger partial charge in [-0.25, -0.2) is 4.39 Å². The number of allylic oxidation sites excluding steroid dienone is 1. The zero-order valence-corrected chi connectivity index (χ0v) is 13.2. The van der Waals surface area contributed by atoms with E-state index >= 15 is 0 Å². The molecule has 0 aliphatic carbocycles. The van der Waals surface area contributed by atoms with Crippen molar-refractivity contribution in [3.63, 3.8) is 0 Å². The van der Waals surface area contributed by atoms with E-state index in [1.807, 2.05) is 0 Å². The Morgan fingerprint density at radius 1 is 1.61 bits per heavy atom. The molecule has 0 amide bonds. The maximum atomic E-state index is 13.7. The van der Waals surface area contributed by atoms with Gasteiger partial charge in [-0.05, 0) is 13.3 Å². The van der Waals surface area contributed by atoms with Gasteiger partial charge in [0.05, 0.1) is 17.6 Å². The van der Waals surface area contributed by atoms with Crippen LogP contribution in [0.3, 0.4) is 0 Å². The largest absolute Gasteiger partial charge is 0.472 e. The summed E-state index contributed by atoms with van der Waals surface area (Å²) in [5.41, 5.74) is 10.6. The second kappa shape index (κ2) is 9.38. The van der Waals surface area contributed by atoms with E-state index in [0.29, 0.717) is 13.0 Å². The average Bonchev–Trinajstić information content (AvgIpc) is 2.50. The maximum absolute atomic E-state index is 13.7. The van der Waals surface area contributed by atoms with E-state index in [0.717, 1.165) is 0 Å². The van der Waals surface area contributed by atoms with Crippen molar-refractivity contribution >= 4 is 5.71 Å². The van der Waals surface area contributed by atoms with Crippen molar-refractivity contribution in [3.8, 4) is 0 Å². The number of rotatable bonds is 8. The first-order chi connectivity index (χ1) is 10.9. The van der Waals surface area contributed by atoms with Gasteiger partial charge in [0, 0.05) is 20.3 Å². The summed E-state index contributed by atoms with van der Waals surface area (Å²) in [6.07, 6.45) is -1.39. The zero-order valence-electron chi connectivity index (χ0n) is 13.2. The minimum absolute atomic E-state index is 0.00349. The second-order valence-corrected chi connectivity index (χ2v) is 5.04. The predicted octanol–water partition coefficient (Wildman–Crippen LogP) is -0.0309. The molecule has 1 aliphatic rings. The molecule has 1 fully saturated rings. The summed E-state index contributed by atoms with van der Waals surface area (Å²) < 4.78 is 28.8. The molecule has 0 spiro atoms. The van der Waals surface area contributed by atoms with Crippen molar-refractivity contribution < 1.29 is 23.5 Å². The maximum Gasteiger partial charge on any atom is 0.348 e. The van der Waals surface area contributed by atoms with Crippen LogP contribution in [0.15, 0.2) is 16.6 Å². The molecule has 1 rings (SSSR count). The summed E-state index contributed by atoms with van der Waals surface area (Å²) in [6, 6.07) is -0.692. The molecule has 132 valence electrons. The van der Waals surface area contributed by atoms with Crippen molar-refractivity contribution in [3.05, 3.63) is 21.7 Å². The smallest absolute Gasteiger partial charge is 0.348 e. The van der Waals surface area contributed by atoms with Crippen LogP contribution >= 0.6 is 0 Å². The fourth-order valence-corrected chi connectivity index (χ4v) is 2.03. The molecule has 1 aliphatic heterocycles. The van der Waals surface area contributed by atoms with E-state index in [1.165, 1.54) is 14.0 Å². The molecule has 4 N–H and O–H groups in total. The molecule has 0 saturated carbocycles. The molecular weight excluding hydrogens is 311 g/mol. The van der Waals surface area contributed by atoms with Crippen LogP contribution in [0.4, 0.5) is 4.39 Å². The van der Waals surface area contributed by atoms with Crippen molar-refractivity contribution in [2.24, 2.45) is 16.5 Å². The van der Waals surface area contributed by atoms with Crippen LogP contribution in [0.5, 0.6) is 0 Å². The SMILES string of the molecule is COC(CN)COC(N)=C(C(C)=NC1CCOCC1F)[N+](=O)[O-]. The molecule has 1 saturated heterocycles. The van der Waals surface area contributed by atoms with E-state index in [1.54, 1.807) is 0 Å². The Kier molecular flexibility index (Phi) is 7.86. The van der Waals surface area contributed by atoms with Crippen LogP contribution in [0.2, 0.25) is 0 Å². The summed E-state index contributed by atoms with van der Waals surface area (Å²) in [4.78, 5) is 14.6. The van der Waals surface area contributed by atoms with E-state index in [-0.39, 0.29) is 25.5 Å². The molecule has 0 radical (unpaired) electrons. The summed E-state index contributed by atoms with van der Waals surface area (Å²) in [6.45, 7) is 1.82.